The summed E-state index contributed by atoms with van der Waals surface area (Å²) < 4.78 is 18.3. The number of esters is 1. The average molecular weight is 433 g/mol. The summed E-state index contributed by atoms with van der Waals surface area (Å²) in [5.41, 5.74) is -0.348. The number of thiophene rings is 1. The van der Waals surface area contributed by atoms with Crippen LogP contribution >= 0.6 is 23.1 Å². The zero-order valence-electron chi connectivity index (χ0n) is 16.0. The van der Waals surface area contributed by atoms with Gasteiger partial charge in [-0.1, -0.05) is 18.2 Å². The van der Waals surface area contributed by atoms with E-state index in [4.69, 9.17) is 4.74 Å². The number of thioether (sulfide) groups is 1. The van der Waals surface area contributed by atoms with E-state index in [0.717, 1.165) is 10.4 Å². The molecule has 0 saturated carbocycles. The molecule has 152 valence electrons. The van der Waals surface area contributed by atoms with E-state index >= 15 is 0 Å². The van der Waals surface area contributed by atoms with Gasteiger partial charge in [-0.2, -0.15) is 5.26 Å². The highest BCUT2D eigenvalue weighted by molar-refractivity contribution is 8.02. The molecule has 5 nitrogen and oxygen atoms in total. The van der Waals surface area contributed by atoms with Crippen molar-refractivity contribution >= 4 is 29.1 Å². The van der Waals surface area contributed by atoms with Gasteiger partial charge in [0.05, 0.1) is 23.3 Å². The van der Waals surface area contributed by atoms with E-state index in [9.17, 15) is 19.6 Å². The van der Waals surface area contributed by atoms with Crippen LogP contribution in [0.5, 0.6) is 0 Å². The van der Waals surface area contributed by atoms with Crippen LogP contribution in [0.15, 0.2) is 52.4 Å². The van der Waals surface area contributed by atoms with E-state index < -0.39 is 23.5 Å². The van der Waals surface area contributed by atoms with Crippen molar-refractivity contribution in [3.05, 3.63) is 68.6 Å². The average Bonchev–Trinajstić information content (AvgIpc) is 3.21. The summed E-state index contributed by atoms with van der Waals surface area (Å²) in [7, 11) is 0. The molecule has 2 aromatic rings. The second-order valence-electron chi connectivity index (χ2n) is 6.77. The number of nitriles is 1. The molecule has 0 radical (unpaired) electrons. The minimum atomic E-state index is -1.60. The van der Waals surface area contributed by atoms with Gasteiger partial charge in [-0.05, 0) is 43.0 Å². The molecule has 0 spiro atoms. The van der Waals surface area contributed by atoms with E-state index in [2.05, 4.69) is 11.4 Å². The Morgan fingerprint density at radius 3 is 2.72 bits per heavy atom. The van der Waals surface area contributed by atoms with Gasteiger partial charge in [0.2, 0.25) is 0 Å². The van der Waals surface area contributed by atoms with E-state index in [1.807, 2.05) is 17.5 Å². The molecule has 1 aliphatic rings. The molecule has 29 heavy (non-hydrogen) atoms. The number of hydrogen-bond acceptors (Lipinski definition) is 7. The second-order valence-corrected chi connectivity index (χ2v) is 8.73. The van der Waals surface area contributed by atoms with Crippen molar-refractivity contribution in [2.45, 2.75) is 31.2 Å². The third kappa shape index (κ3) is 4.64. The largest absolute Gasteiger partial charge is 0.466 e. The maximum Gasteiger partial charge on any atom is 0.314 e. The molecule has 0 aliphatic carbocycles. The summed E-state index contributed by atoms with van der Waals surface area (Å²) >= 11 is 2.76. The van der Waals surface area contributed by atoms with E-state index in [0.29, 0.717) is 16.4 Å². The van der Waals surface area contributed by atoms with Crippen LogP contribution in [0.3, 0.4) is 0 Å². The predicted octanol–water partition coefficient (Wildman–Crippen LogP) is 4.13. The molecule has 2 heterocycles. The summed E-state index contributed by atoms with van der Waals surface area (Å²) in [5.74, 6) is -1.98. The summed E-state index contributed by atoms with van der Waals surface area (Å²) in [6.07, 6.45) is 0. The third-order valence-electron chi connectivity index (χ3n) is 4.67. The maximum atomic E-state index is 13.1. The van der Waals surface area contributed by atoms with Crippen LogP contribution < -0.4 is 5.32 Å². The van der Waals surface area contributed by atoms with Gasteiger partial charge >= 0.3 is 5.97 Å². The number of hydrogen-bond donors (Lipinski definition) is 2. The number of nitrogens with zero attached hydrogens (tertiary/aromatic N) is 1. The van der Waals surface area contributed by atoms with Gasteiger partial charge < -0.3 is 15.2 Å². The zero-order valence-corrected chi connectivity index (χ0v) is 17.6. The summed E-state index contributed by atoms with van der Waals surface area (Å²) in [6.45, 7) is 3.40. The Morgan fingerprint density at radius 2 is 2.14 bits per heavy atom. The number of carbonyl (C=O) groups is 1. The van der Waals surface area contributed by atoms with Gasteiger partial charge in [0.1, 0.15) is 17.5 Å². The van der Waals surface area contributed by atoms with Crippen molar-refractivity contribution in [1.82, 2.24) is 5.32 Å². The fourth-order valence-corrected chi connectivity index (χ4v) is 5.33. The minimum absolute atomic E-state index is 0.181. The van der Waals surface area contributed by atoms with Crippen LogP contribution in [0.25, 0.3) is 0 Å². The van der Waals surface area contributed by atoms with Gasteiger partial charge in [0.15, 0.2) is 0 Å². The lowest BCUT2D eigenvalue weighted by atomic mass is 9.76. The van der Waals surface area contributed by atoms with Crippen LogP contribution in [-0.4, -0.2) is 23.4 Å². The molecule has 2 N–H and O–H groups in total. The second kappa shape index (κ2) is 8.99. The molecule has 8 heteroatoms. The number of ether oxygens (including phenoxy) is 1. The van der Waals surface area contributed by atoms with Crippen LogP contribution in [0.1, 0.15) is 30.2 Å². The monoisotopic (exact) mass is 432 g/mol. The van der Waals surface area contributed by atoms with Gasteiger partial charge in [0.25, 0.3) is 0 Å². The molecule has 0 fully saturated rings. The number of nitrogens with one attached hydrogen (secondary N) is 1. The van der Waals surface area contributed by atoms with Gasteiger partial charge in [-0.15, -0.1) is 23.1 Å². The van der Waals surface area contributed by atoms with Crippen LogP contribution in [-0.2, 0) is 15.3 Å². The Kier molecular flexibility index (Phi) is 6.63. The van der Waals surface area contributed by atoms with Gasteiger partial charge in [0, 0.05) is 16.5 Å². The van der Waals surface area contributed by atoms with Crippen LogP contribution in [0.2, 0.25) is 0 Å². The Hall–Kier alpha value is -2.34. The Morgan fingerprint density at radius 1 is 1.41 bits per heavy atom. The molecule has 1 aromatic carbocycles. The first-order valence-corrected chi connectivity index (χ1v) is 11.0. The molecule has 1 aromatic heterocycles. The SMILES string of the molecule is CCOC(=O)C1C(c2cccs2)C(C#N)=C(SCc2ccc(F)cc2)NC1(C)O. The fraction of sp³-hybridized carbons (Fsp3) is 0.333. The Labute approximate surface area is 177 Å². The molecular weight excluding hydrogens is 411 g/mol. The predicted molar refractivity (Wildman–Crippen MR) is 111 cm³/mol. The molecule has 3 atom stereocenters. The Balaban J connectivity index is 2.00. The van der Waals surface area contributed by atoms with E-state index in [-0.39, 0.29) is 12.4 Å². The van der Waals surface area contributed by atoms with Crippen molar-refractivity contribution in [2.75, 3.05) is 6.61 Å². The maximum absolute atomic E-state index is 13.1. The molecular formula is C21H21FN2O3S2. The van der Waals surface area contributed by atoms with E-state index in [1.165, 1.54) is 42.2 Å². The van der Waals surface area contributed by atoms with E-state index in [1.54, 1.807) is 19.1 Å². The lowest BCUT2D eigenvalue weighted by molar-refractivity contribution is -0.160. The first kappa shape index (κ1) is 21.4. The number of aliphatic hydroxyl groups is 1. The number of carbonyl (C=O) groups excluding carboxylic acids is 1. The normalized spacial score (nSPS) is 24.0. The zero-order chi connectivity index (χ0) is 21.0. The lowest BCUT2D eigenvalue weighted by Crippen LogP contribution is -2.56. The summed E-state index contributed by atoms with van der Waals surface area (Å²) in [6, 6.07) is 12.0. The van der Waals surface area contributed by atoms with Crippen molar-refractivity contribution in [2.24, 2.45) is 5.92 Å². The quantitative estimate of drug-likeness (QED) is 0.668. The number of halogens is 1. The smallest absolute Gasteiger partial charge is 0.314 e. The number of allylic oxidation sites excluding steroid dienone is 1. The van der Waals surface area contributed by atoms with Crippen molar-refractivity contribution < 1.29 is 19.0 Å². The van der Waals surface area contributed by atoms with Gasteiger partial charge in [-0.25, -0.2) is 4.39 Å². The van der Waals surface area contributed by atoms with Crippen molar-refractivity contribution in [3.63, 3.8) is 0 Å². The standard InChI is InChI=1S/C21H21FN2O3S2/c1-3-27-20(25)18-17(16-5-4-10-28-16)15(11-23)19(24-21(18,2)26)29-12-13-6-8-14(22)9-7-13/h4-10,17-18,24,26H,3,12H2,1-2H3. The third-order valence-corrected chi connectivity index (χ3v) is 6.71. The summed E-state index contributed by atoms with van der Waals surface area (Å²) in [4.78, 5) is 13.5. The highest BCUT2D eigenvalue weighted by atomic mass is 32.2. The van der Waals surface area contributed by atoms with Crippen LogP contribution in [0.4, 0.5) is 4.39 Å². The molecule has 0 bridgehead atoms. The minimum Gasteiger partial charge on any atom is -0.466 e. The molecule has 0 amide bonds. The van der Waals surface area contributed by atoms with Crippen molar-refractivity contribution in [1.29, 1.82) is 5.26 Å². The highest BCUT2D eigenvalue weighted by Crippen LogP contribution is 2.46. The lowest BCUT2D eigenvalue weighted by Gasteiger charge is -2.42. The highest BCUT2D eigenvalue weighted by Gasteiger charge is 2.51. The fourth-order valence-electron chi connectivity index (χ4n) is 3.35. The summed E-state index contributed by atoms with van der Waals surface area (Å²) in [5, 5.41) is 26.4. The first-order valence-electron chi connectivity index (χ1n) is 9.09. The Bertz CT molecular complexity index is 934. The van der Waals surface area contributed by atoms with Crippen molar-refractivity contribution in [3.8, 4) is 6.07 Å². The topological polar surface area (TPSA) is 82.4 Å². The molecule has 3 rings (SSSR count). The number of benzene rings is 1. The molecule has 0 saturated heterocycles. The molecule has 3 unspecified atom stereocenters. The number of rotatable bonds is 6. The van der Waals surface area contributed by atoms with Crippen LogP contribution in [0, 0.1) is 23.1 Å². The molecule has 1 aliphatic heterocycles. The first-order chi connectivity index (χ1) is 13.9. The van der Waals surface area contributed by atoms with Gasteiger partial charge in [-0.3, -0.25) is 4.79 Å².